The molecule has 0 radical (unpaired) electrons. The highest BCUT2D eigenvalue weighted by Crippen LogP contribution is 2.33. The van der Waals surface area contributed by atoms with Gasteiger partial charge in [-0.2, -0.15) is 5.10 Å². The maximum absolute atomic E-state index is 13.2. The highest BCUT2D eigenvalue weighted by atomic mass is 32.2. The Morgan fingerprint density at radius 1 is 1.16 bits per heavy atom. The van der Waals surface area contributed by atoms with Gasteiger partial charge in [-0.25, -0.2) is 9.67 Å². The molecule has 7 nitrogen and oxygen atoms in total. The minimum absolute atomic E-state index is 0.0790. The summed E-state index contributed by atoms with van der Waals surface area (Å²) in [7, 11) is 0. The quantitative estimate of drug-likeness (QED) is 0.491. The van der Waals surface area contributed by atoms with Gasteiger partial charge in [0.2, 0.25) is 5.91 Å². The summed E-state index contributed by atoms with van der Waals surface area (Å²) in [5, 5.41) is 8.43. The second kappa shape index (κ2) is 8.03. The Kier molecular flexibility index (Phi) is 5.07. The Morgan fingerprint density at radius 2 is 1.94 bits per heavy atom. The molecule has 4 aromatic rings. The average molecular weight is 432 g/mol. The summed E-state index contributed by atoms with van der Waals surface area (Å²) < 4.78 is 3.34. The van der Waals surface area contributed by atoms with E-state index in [1.165, 1.54) is 11.8 Å². The van der Waals surface area contributed by atoms with Gasteiger partial charge in [0, 0.05) is 18.7 Å². The number of aryl methyl sites for hydroxylation is 1. The molecule has 2 aromatic heterocycles. The molecule has 1 aliphatic rings. The van der Waals surface area contributed by atoms with Crippen molar-refractivity contribution >= 4 is 28.7 Å². The second-order valence-electron chi connectivity index (χ2n) is 7.63. The number of benzene rings is 2. The van der Waals surface area contributed by atoms with E-state index < -0.39 is 0 Å². The number of hydrogen-bond acceptors (Lipinski definition) is 5. The maximum atomic E-state index is 13.2. The fourth-order valence-corrected chi connectivity index (χ4v) is 4.87. The molecule has 0 fully saturated rings. The Balaban J connectivity index is 1.39. The molecule has 1 atom stereocenters. The summed E-state index contributed by atoms with van der Waals surface area (Å²) in [5.41, 5.74) is 3.45. The number of nitrogens with zero attached hydrogens (tertiary/aromatic N) is 4. The average Bonchev–Trinajstić information content (AvgIpc) is 3.39. The number of carbonyl (C=O) groups excluding carboxylic acids is 1. The van der Waals surface area contributed by atoms with Crippen LogP contribution < -0.4 is 10.9 Å². The van der Waals surface area contributed by atoms with Gasteiger partial charge in [-0.05, 0) is 24.6 Å². The van der Waals surface area contributed by atoms with Crippen molar-refractivity contribution in [2.45, 2.75) is 31.1 Å². The van der Waals surface area contributed by atoms with Gasteiger partial charge in [0.1, 0.15) is 5.39 Å². The molecule has 0 spiro atoms. The van der Waals surface area contributed by atoms with Crippen LogP contribution in [0.5, 0.6) is 0 Å². The third-order valence-electron chi connectivity index (χ3n) is 5.40. The number of hydrogen-bond donors (Lipinski definition) is 1. The van der Waals surface area contributed by atoms with E-state index in [0.29, 0.717) is 28.5 Å². The minimum Gasteiger partial charge on any atom is -0.352 e. The van der Waals surface area contributed by atoms with E-state index in [2.05, 4.69) is 10.4 Å². The molecule has 0 bridgehead atoms. The molecule has 0 saturated heterocycles. The molecule has 156 valence electrons. The van der Waals surface area contributed by atoms with Crippen LogP contribution in [-0.2, 0) is 11.3 Å². The Hall–Kier alpha value is -3.39. The standard InChI is InChI=1S/C23H21N5O2S/c1-15-7-9-17(10-8-15)28-21-19(13-25-28)22(30)27-18(14-31-23(27)26-21)11-20(29)24-12-16-5-3-2-4-6-16/h2-10,13,18H,11-12,14H2,1H3,(H,24,29). The molecule has 1 unspecified atom stereocenters. The van der Waals surface area contributed by atoms with Crippen LogP contribution in [0.25, 0.3) is 16.7 Å². The topological polar surface area (TPSA) is 81.8 Å². The van der Waals surface area contributed by atoms with E-state index in [1.807, 2.05) is 61.5 Å². The zero-order valence-electron chi connectivity index (χ0n) is 17.0. The summed E-state index contributed by atoms with van der Waals surface area (Å²) in [6, 6.07) is 17.5. The molecule has 8 heteroatoms. The fraction of sp³-hybridized carbons (Fsp3) is 0.217. The Morgan fingerprint density at radius 3 is 2.71 bits per heavy atom. The molecule has 3 heterocycles. The van der Waals surface area contributed by atoms with Gasteiger partial charge in [-0.1, -0.05) is 59.8 Å². The molecule has 0 saturated carbocycles. The number of amides is 1. The Bertz CT molecular complexity index is 1310. The summed E-state index contributed by atoms with van der Waals surface area (Å²) in [6.07, 6.45) is 1.80. The van der Waals surface area contributed by atoms with Crippen molar-refractivity contribution in [3.8, 4) is 5.69 Å². The lowest BCUT2D eigenvalue weighted by atomic mass is 10.2. The highest BCUT2D eigenvalue weighted by Gasteiger charge is 2.29. The van der Waals surface area contributed by atoms with Crippen LogP contribution in [0.15, 0.2) is 70.7 Å². The van der Waals surface area contributed by atoms with Crippen molar-refractivity contribution in [2.24, 2.45) is 0 Å². The predicted molar refractivity (Wildman–Crippen MR) is 121 cm³/mol. The van der Waals surface area contributed by atoms with Crippen molar-refractivity contribution in [3.63, 3.8) is 0 Å². The van der Waals surface area contributed by atoms with Crippen molar-refractivity contribution in [2.75, 3.05) is 5.75 Å². The van der Waals surface area contributed by atoms with Gasteiger partial charge in [0.05, 0.1) is 17.9 Å². The van der Waals surface area contributed by atoms with E-state index in [9.17, 15) is 9.59 Å². The fourth-order valence-electron chi connectivity index (χ4n) is 3.74. The van der Waals surface area contributed by atoms with Crippen LogP contribution >= 0.6 is 11.8 Å². The van der Waals surface area contributed by atoms with E-state index in [1.54, 1.807) is 15.4 Å². The van der Waals surface area contributed by atoms with Gasteiger partial charge < -0.3 is 5.32 Å². The number of rotatable bonds is 5. The van der Waals surface area contributed by atoms with Crippen molar-refractivity contribution in [3.05, 3.63) is 82.3 Å². The van der Waals surface area contributed by atoms with Crippen molar-refractivity contribution in [1.82, 2.24) is 24.6 Å². The number of thioether (sulfide) groups is 1. The zero-order valence-corrected chi connectivity index (χ0v) is 17.8. The van der Waals surface area contributed by atoms with Crippen LogP contribution in [0.1, 0.15) is 23.6 Å². The summed E-state index contributed by atoms with van der Waals surface area (Å²) in [5.74, 6) is 0.565. The second-order valence-corrected chi connectivity index (χ2v) is 8.62. The number of nitrogens with one attached hydrogen (secondary N) is 1. The normalized spacial score (nSPS) is 15.2. The molecule has 2 aromatic carbocycles. The number of aromatic nitrogens is 4. The monoisotopic (exact) mass is 431 g/mol. The first kappa shape index (κ1) is 19.6. The zero-order chi connectivity index (χ0) is 21.4. The third-order valence-corrected chi connectivity index (χ3v) is 6.50. The van der Waals surface area contributed by atoms with Gasteiger partial charge >= 0.3 is 0 Å². The number of carbonyl (C=O) groups is 1. The minimum atomic E-state index is -0.220. The molecule has 1 N–H and O–H groups in total. The van der Waals surface area contributed by atoms with E-state index in [0.717, 1.165) is 16.8 Å². The summed E-state index contributed by atoms with van der Waals surface area (Å²) >= 11 is 1.50. The highest BCUT2D eigenvalue weighted by molar-refractivity contribution is 7.99. The lowest BCUT2D eigenvalue weighted by molar-refractivity contribution is -0.121. The lowest BCUT2D eigenvalue weighted by Gasteiger charge is -2.13. The van der Waals surface area contributed by atoms with Crippen LogP contribution in [-0.4, -0.2) is 31.0 Å². The molecule has 31 heavy (non-hydrogen) atoms. The van der Waals surface area contributed by atoms with E-state index in [-0.39, 0.29) is 23.9 Å². The smallest absolute Gasteiger partial charge is 0.265 e. The summed E-state index contributed by atoms with van der Waals surface area (Å²) in [4.78, 5) is 30.4. The van der Waals surface area contributed by atoms with Crippen molar-refractivity contribution < 1.29 is 4.79 Å². The largest absolute Gasteiger partial charge is 0.352 e. The molecule has 1 aliphatic heterocycles. The van der Waals surface area contributed by atoms with E-state index >= 15 is 0 Å². The van der Waals surface area contributed by atoms with Gasteiger partial charge in [-0.15, -0.1) is 0 Å². The SMILES string of the molecule is Cc1ccc(-n2ncc3c(=O)n4c(nc32)SCC4CC(=O)NCc2ccccc2)cc1. The van der Waals surface area contributed by atoms with Gasteiger partial charge in [-0.3, -0.25) is 14.2 Å². The first-order chi connectivity index (χ1) is 15.1. The molecule has 5 rings (SSSR count). The van der Waals surface area contributed by atoms with Crippen LogP contribution in [0.3, 0.4) is 0 Å². The first-order valence-electron chi connectivity index (χ1n) is 10.1. The Labute approximate surface area is 183 Å². The molecule has 0 aliphatic carbocycles. The summed E-state index contributed by atoms with van der Waals surface area (Å²) in [6.45, 7) is 2.50. The molecular formula is C23H21N5O2S. The maximum Gasteiger partial charge on any atom is 0.265 e. The predicted octanol–water partition coefficient (Wildman–Crippen LogP) is 3.24. The van der Waals surface area contributed by atoms with Gasteiger partial charge in [0.25, 0.3) is 5.56 Å². The van der Waals surface area contributed by atoms with Crippen molar-refractivity contribution in [1.29, 1.82) is 0 Å². The molecular weight excluding hydrogens is 410 g/mol. The first-order valence-corrected chi connectivity index (χ1v) is 11.1. The molecule has 1 amide bonds. The van der Waals surface area contributed by atoms with Gasteiger partial charge in [0.15, 0.2) is 10.8 Å². The van der Waals surface area contributed by atoms with Crippen LogP contribution in [0, 0.1) is 6.92 Å². The number of fused-ring (bicyclic) bond motifs is 2. The third kappa shape index (κ3) is 3.74. The lowest BCUT2D eigenvalue weighted by Crippen LogP contribution is -2.30. The van der Waals surface area contributed by atoms with Crippen LogP contribution in [0.4, 0.5) is 0 Å². The van der Waals surface area contributed by atoms with Crippen LogP contribution in [0.2, 0.25) is 0 Å². The van der Waals surface area contributed by atoms with E-state index in [4.69, 9.17) is 4.98 Å².